The zero-order valence-corrected chi connectivity index (χ0v) is 9.15. The second-order valence-electron chi connectivity index (χ2n) is 4.60. The van der Waals surface area contributed by atoms with Gasteiger partial charge in [0.25, 0.3) is 0 Å². The van der Waals surface area contributed by atoms with E-state index in [1.165, 1.54) is 0 Å². The van der Waals surface area contributed by atoms with Crippen LogP contribution in [-0.4, -0.2) is 8.24 Å². The maximum Gasteiger partial charge on any atom is 0.122 e. The van der Waals surface area contributed by atoms with Crippen molar-refractivity contribution in [3.63, 3.8) is 0 Å². The van der Waals surface area contributed by atoms with Crippen LogP contribution < -0.4 is 5.40 Å². The van der Waals surface area contributed by atoms with Gasteiger partial charge >= 0.3 is 0 Å². The highest BCUT2D eigenvalue weighted by Crippen LogP contribution is 2.40. The molecule has 0 heterocycles. The van der Waals surface area contributed by atoms with Gasteiger partial charge in [-0.15, -0.1) is 0 Å². The molecular weight excluding hydrogens is 138 g/mol. The van der Waals surface area contributed by atoms with Crippen LogP contribution in [0.2, 0.25) is 18.1 Å². The minimum absolute atomic E-state index is 0.354. The van der Waals surface area contributed by atoms with Crippen molar-refractivity contribution in [1.29, 1.82) is 0 Å². The fourth-order valence-corrected chi connectivity index (χ4v) is 2.23. The summed E-state index contributed by atoms with van der Waals surface area (Å²) in [6.07, 6.45) is 0. The molecule has 0 saturated carbocycles. The van der Waals surface area contributed by atoms with Gasteiger partial charge in [0, 0.05) is 0 Å². The van der Waals surface area contributed by atoms with Gasteiger partial charge in [0.2, 0.25) is 0 Å². The predicted molar refractivity (Wildman–Crippen MR) is 50.5 cm³/mol. The molecule has 1 nitrogen and oxygen atoms in total. The smallest absolute Gasteiger partial charge is 0.122 e. The Hall–Kier alpha value is 0.177. The third-order valence-electron chi connectivity index (χ3n) is 3.10. The van der Waals surface area contributed by atoms with E-state index in [1.54, 1.807) is 0 Å². The fourth-order valence-electron chi connectivity index (χ4n) is 0.744. The monoisotopic (exact) mass is 159 g/mol. The first-order valence-electron chi connectivity index (χ1n) is 3.98. The van der Waals surface area contributed by atoms with Crippen molar-refractivity contribution < 1.29 is 0 Å². The van der Waals surface area contributed by atoms with Gasteiger partial charge in [-0.3, -0.25) is 0 Å². The van der Waals surface area contributed by atoms with E-state index in [9.17, 15) is 0 Å². The Kier molecular flexibility index (Phi) is 2.71. The molecule has 0 aliphatic rings. The van der Waals surface area contributed by atoms with Crippen LogP contribution >= 0.6 is 0 Å². The quantitative estimate of drug-likeness (QED) is 0.616. The largest absolute Gasteiger partial charge is 0.351 e. The van der Waals surface area contributed by atoms with Gasteiger partial charge < -0.3 is 5.40 Å². The van der Waals surface area contributed by atoms with Gasteiger partial charge in [0.05, 0.1) is 0 Å². The first-order chi connectivity index (χ1) is 4.19. The standard InChI is InChI=1S/C8H21NSi/c1-7(2)8(3,4)10(5,6)9/h7H,9H2,1-6H3. The molecule has 0 saturated heterocycles. The summed E-state index contributed by atoms with van der Waals surface area (Å²) < 4.78 is 0. The van der Waals surface area contributed by atoms with Crippen molar-refractivity contribution in [2.75, 3.05) is 0 Å². The molecule has 0 aromatic rings. The number of hydrogen-bond donors (Lipinski definition) is 1. The van der Waals surface area contributed by atoms with Crippen LogP contribution in [0.25, 0.3) is 0 Å². The van der Waals surface area contributed by atoms with Crippen molar-refractivity contribution in [2.24, 2.45) is 11.3 Å². The Morgan fingerprint density at radius 3 is 1.50 bits per heavy atom. The molecule has 2 N–H and O–H groups in total. The first kappa shape index (κ1) is 10.2. The summed E-state index contributed by atoms with van der Waals surface area (Å²) in [6, 6.07) is 0. The molecule has 0 spiro atoms. The van der Waals surface area contributed by atoms with Gasteiger partial charge in [0.1, 0.15) is 8.24 Å². The van der Waals surface area contributed by atoms with Gasteiger partial charge in [-0.05, 0) is 11.0 Å². The van der Waals surface area contributed by atoms with Crippen LogP contribution in [0.3, 0.4) is 0 Å². The Balaban J connectivity index is 4.40. The summed E-state index contributed by atoms with van der Waals surface area (Å²) in [7, 11) is -1.45. The van der Waals surface area contributed by atoms with Crippen LogP contribution in [0.1, 0.15) is 27.7 Å². The molecule has 0 fully saturated rings. The van der Waals surface area contributed by atoms with Crippen LogP contribution in [0.15, 0.2) is 0 Å². The number of nitrogens with two attached hydrogens (primary N) is 1. The van der Waals surface area contributed by atoms with Gasteiger partial charge in [0.15, 0.2) is 0 Å². The maximum atomic E-state index is 6.15. The third-order valence-corrected chi connectivity index (χ3v) is 7.00. The van der Waals surface area contributed by atoms with Gasteiger partial charge in [-0.1, -0.05) is 40.8 Å². The second kappa shape index (κ2) is 2.66. The molecule has 0 aromatic heterocycles. The molecule has 62 valence electrons. The van der Waals surface area contributed by atoms with Crippen LogP contribution in [0.4, 0.5) is 0 Å². The molecule has 0 aliphatic heterocycles. The summed E-state index contributed by atoms with van der Waals surface area (Å²) in [6.45, 7) is 13.5. The minimum atomic E-state index is -1.45. The van der Waals surface area contributed by atoms with E-state index < -0.39 is 8.24 Å². The molecule has 0 aliphatic carbocycles. The fraction of sp³-hybridized carbons (Fsp3) is 1.00. The molecule has 0 unspecified atom stereocenters. The van der Waals surface area contributed by atoms with E-state index in [1.807, 2.05) is 0 Å². The van der Waals surface area contributed by atoms with Crippen LogP contribution in [0.5, 0.6) is 0 Å². The van der Waals surface area contributed by atoms with Crippen molar-refractivity contribution in [1.82, 2.24) is 0 Å². The lowest BCUT2D eigenvalue weighted by molar-refractivity contribution is 0.457. The average molecular weight is 159 g/mol. The van der Waals surface area contributed by atoms with Crippen molar-refractivity contribution in [3.8, 4) is 0 Å². The molecule has 2 heteroatoms. The maximum absolute atomic E-state index is 6.15. The Morgan fingerprint density at radius 1 is 1.20 bits per heavy atom. The molecule has 0 bridgehead atoms. The highest BCUT2D eigenvalue weighted by atomic mass is 28.3. The summed E-state index contributed by atoms with van der Waals surface area (Å²) in [5.41, 5.74) is 0. The number of rotatable bonds is 2. The lowest BCUT2D eigenvalue weighted by atomic mass is 9.99. The Bertz CT molecular complexity index is 111. The summed E-state index contributed by atoms with van der Waals surface area (Å²) in [4.78, 5) is 0. The lowest BCUT2D eigenvalue weighted by Crippen LogP contribution is -2.50. The van der Waals surface area contributed by atoms with E-state index in [-0.39, 0.29) is 0 Å². The predicted octanol–water partition coefficient (Wildman–Crippen LogP) is 2.59. The van der Waals surface area contributed by atoms with Crippen molar-refractivity contribution in [2.45, 2.75) is 45.8 Å². The van der Waals surface area contributed by atoms with Crippen molar-refractivity contribution in [3.05, 3.63) is 0 Å². The van der Waals surface area contributed by atoms with Gasteiger partial charge in [-0.2, -0.15) is 0 Å². The molecule has 10 heavy (non-hydrogen) atoms. The summed E-state index contributed by atoms with van der Waals surface area (Å²) in [5, 5.41) is 6.51. The van der Waals surface area contributed by atoms with E-state index in [0.717, 1.165) is 0 Å². The highest BCUT2D eigenvalue weighted by Gasteiger charge is 2.38. The second-order valence-corrected chi connectivity index (χ2v) is 9.33. The normalized spacial score (nSPS) is 14.4. The average Bonchev–Trinajstić information content (AvgIpc) is 1.62. The van der Waals surface area contributed by atoms with Crippen LogP contribution in [-0.2, 0) is 0 Å². The van der Waals surface area contributed by atoms with E-state index in [2.05, 4.69) is 40.8 Å². The summed E-state index contributed by atoms with van der Waals surface area (Å²) >= 11 is 0. The Morgan fingerprint density at radius 2 is 1.50 bits per heavy atom. The topological polar surface area (TPSA) is 26.0 Å². The zero-order valence-electron chi connectivity index (χ0n) is 8.15. The van der Waals surface area contributed by atoms with Gasteiger partial charge in [-0.25, -0.2) is 0 Å². The van der Waals surface area contributed by atoms with Crippen molar-refractivity contribution >= 4 is 8.24 Å². The van der Waals surface area contributed by atoms with E-state index in [0.29, 0.717) is 11.0 Å². The third kappa shape index (κ3) is 1.83. The minimum Gasteiger partial charge on any atom is -0.351 e. The summed E-state index contributed by atoms with van der Waals surface area (Å²) in [5.74, 6) is 0.694. The van der Waals surface area contributed by atoms with E-state index in [4.69, 9.17) is 5.40 Å². The number of hydrogen-bond acceptors (Lipinski definition) is 1. The zero-order chi connectivity index (χ0) is 8.58. The van der Waals surface area contributed by atoms with E-state index >= 15 is 0 Å². The molecule has 0 aromatic carbocycles. The first-order valence-corrected chi connectivity index (χ1v) is 7.06. The Labute approximate surface area is 66.1 Å². The molecular formula is C8H21NSi. The molecule has 0 rings (SSSR count). The lowest BCUT2D eigenvalue weighted by Gasteiger charge is -2.40. The molecule has 0 radical (unpaired) electrons. The molecule has 0 amide bonds. The molecule has 0 atom stereocenters. The SMILES string of the molecule is CC(C)C(C)(C)[Si](C)(C)N. The highest BCUT2D eigenvalue weighted by molar-refractivity contribution is 6.77. The van der Waals surface area contributed by atoms with Crippen LogP contribution in [0, 0.1) is 5.92 Å².